The number of hydrogen-bond acceptors (Lipinski definition) is 6. The summed E-state index contributed by atoms with van der Waals surface area (Å²) in [6.07, 6.45) is 3.35. The van der Waals surface area contributed by atoms with Crippen LogP contribution in [0, 0.1) is 6.92 Å². The van der Waals surface area contributed by atoms with E-state index in [-0.39, 0.29) is 25.0 Å². The number of furan rings is 1. The van der Waals surface area contributed by atoms with Crippen LogP contribution in [0.5, 0.6) is 5.75 Å². The lowest BCUT2D eigenvalue weighted by Crippen LogP contribution is -2.28. The normalized spacial score (nSPS) is 15.3. The van der Waals surface area contributed by atoms with Crippen LogP contribution in [-0.4, -0.2) is 28.5 Å². The van der Waals surface area contributed by atoms with Gasteiger partial charge < -0.3 is 14.5 Å². The minimum atomic E-state index is -0.274. The Morgan fingerprint density at radius 3 is 2.53 bits per heavy atom. The standard InChI is InChI=1S/C30H25N3O4S/c1-21-13-15-24(16-14-21)31-28(34)20-37-26-12-6-5-8-22(26)18-27-29(35)33(19-25-11-7-17-36-25)30(38-27)32-23-9-3-2-4-10-23/h2-18H,19-20H2,1H3,(H,31,34)/b27-18-,32-30?. The second-order valence-corrected chi connectivity index (χ2v) is 9.56. The van der Waals surface area contributed by atoms with Crippen molar-refractivity contribution in [2.24, 2.45) is 4.99 Å². The zero-order valence-corrected chi connectivity index (χ0v) is 21.5. The molecule has 0 atom stereocenters. The number of nitrogens with one attached hydrogen (secondary N) is 1. The Balaban J connectivity index is 1.35. The summed E-state index contributed by atoms with van der Waals surface area (Å²) in [4.78, 5) is 32.7. The molecule has 0 saturated carbocycles. The number of carbonyl (C=O) groups is 2. The lowest BCUT2D eigenvalue weighted by Gasteiger charge is -2.13. The maximum atomic E-state index is 13.5. The van der Waals surface area contributed by atoms with Crippen molar-refractivity contribution in [3.8, 4) is 5.75 Å². The fourth-order valence-electron chi connectivity index (χ4n) is 3.75. The number of ether oxygens (including phenoxy) is 1. The van der Waals surface area contributed by atoms with Gasteiger partial charge >= 0.3 is 0 Å². The van der Waals surface area contributed by atoms with Crippen molar-refractivity contribution in [3.05, 3.63) is 119 Å². The van der Waals surface area contributed by atoms with E-state index in [0.29, 0.717) is 32.8 Å². The van der Waals surface area contributed by atoms with Crippen LogP contribution in [0.15, 0.2) is 112 Å². The molecular weight excluding hydrogens is 498 g/mol. The summed E-state index contributed by atoms with van der Waals surface area (Å²) in [7, 11) is 0. The first kappa shape index (κ1) is 25.1. The van der Waals surface area contributed by atoms with Crippen LogP contribution in [0.1, 0.15) is 16.9 Å². The number of rotatable bonds is 8. The van der Waals surface area contributed by atoms with Crippen molar-refractivity contribution >= 4 is 46.2 Å². The first-order chi connectivity index (χ1) is 18.5. The maximum Gasteiger partial charge on any atom is 0.267 e. The highest BCUT2D eigenvalue weighted by Gasteiger charge is 2.34. The van der Waals surface area contributed by atoms with E-state index in [9.17, 15) is 9.59 Å². The molecule has 0 bridgehead atoms. The number of benzene rings is 3. The summed E-state index contributed by atoms with van der Waals surface area (Å²) in [5, 5.41) is 3.38. The van der Waals surface area contributed by atoms with E-state index in [4.69, 9.17) is 14.1 Å². The van der Waals surface area contributed by atoms with Gasteiger partial charge in [-0.05, 0) is 67.2 Å². The van der Waals surface area contributed by atoms with Gasteiger partial charge in [0.25, 0.3) is 11.8 Å². The lowest BCUT2D eigenvalue weighted by atomic mass is 10.2. The molecule has 1 N–H and O–H groups in total. The number of amides is 2. The van der Waals surface area contributed by atoms with E-state index < -0.39 is 0 Å². The number of anilines is 1. The molecule has 8 heteroatoms. The second kappa shape index (κ2) is 11.7. The van der Waals surface area contributed by atoms with E-state index in [1.54, 1.807) is 29.4 Å². The van der Waals surface area contributed by atoms with Crippen molar-refractivity contribution in [1.82, 2.24) is 4.90 Å². The van der Waals surface area contributed by atoms with Crippen LogP contribution in [-0.2, 0) is 16.1 Å². The van der Waals surface area contributed by atoms with Crippen LogP contribution in [0.4, 0.5) is 11.4 Å². The molecule has 1 aliphatic rings. The number of hydrogen-bond donors (Lipinski definition) is 1. The van der Waals surface area contributed by atoms with Gasteiger partial charge in [0.15, 0.2) is 11.8 Å². The zero-order chi connectivity index (χ0) is 26.3. The number of aliphatic imine (C=N–C) groups is 1. The molecule has 1 aromatic heterocycles. The maximum absolute atomic E-state index is 13.5. The molecule has 38 heavy (non-hydrogen) atoms. The molecule has 7 nitrogen and oxygen atoms in total. The zero-order valence-electron chi connectivity index (χ0n) is 20.7. The fourth-order valence-corrected chi connectivity index (χ4v) is 4.74. The van der Waals surface area contributed by atoms with Crippen LogP contribution < -0.4 is 10.1 Å². The third-order valence-corrected chi connectivity index (χ3v) is 6.67. The van der Waals surface area contributed by atoms with E-state index in [0.717, 1.165) is 11.3 Å². The van der Waals surface area contributed by atoms with Gasteiger partial charge in [-0.25, -0.2) is 4.99 Å². The predicted octanol–water partition coefficient (Wildman–Crippen LogP) is 6.41. The molecule has 2 heterocycles. The van der Waals surface area contributed by atoms with Crippen molar-refractivity contribution in [2.75, 3.05) is 11.9 Å². The van der Waals surface area contributed by atoms with E-state index in [2.05, 4.69) is 5.32 Å². The van der Waals surface area contributed by atoms with Gasteiger partial charge in [-0.15, -0.1) is 0 Å². The number of carbonyl (C=O) groups excluding carboxylic acids is 2. The summed E-state index contributed by atoms with van der Waals surface area (Å²) in [5.74, 6) is 0.695. The monoisotopic (exact) mass is 523 g/mol. The summed E-state index contributed by atoms with van der Waals surface area (Å²) in [6.45, 7) is 2.08. The highest BCUT2D eigenvalue weighted by molar-refractivity contribution is 8.18. The Hall–Kier alpha value is -4.56. The third-order valence-electron chi connectivity index (χ3n) is 5.66. The van der Waals surface area contributed by atoms with Gasteiger partial charge in [0, 0.05) is 11.3 Å². The summed E-state index contributed by atoms with van der Waals surface area (Å²) in [6, 6.07) is 27.9. The average molecular weight is 524 g/mol. The first-order valence-electron chi connectivity index (χ1n) is 12.0. The number of para-hydroxylation sites is 2. The highest BCUT2D eigenvalue weighted by atomic mass is 32.2. The Morgan fingerprint density at radius 1 is 1.00 bits per heavy atom. The predicted molar refractivity (Wildman–Crippen MR) is 150 cm³/mol. The number of aryl methyl sites for hydroxylation is 1. The van der Waals surface area contributed by atoms with Gasteiger partial charge in [-0.1, -0.05) is 54.1 Å². The Morgan fingerprint density at radius 2 is 1.76 bits per heavy atom. The van der Waals surface area contributed by atoms with Crippen molar-refractivity contribution in [1.29, 1.82) is 0 Å². The second-order valence-electron chi connectivity index (χ2n) is 8.55. The molecule has 1 saturated heterocycles. The summed E-state index contributed by atoms with van der Waals surface area (Å²) >= 11 is 1.29. The molecule has 1 aliphatic heterocycles. The highest BCUT2D eigenvalue weighted by Crippen LogP contribution is 2.36. The van der Waals surface area contributed by atoms with E-state index in [1.807, 2.05) is 85.8 Å². The molecular formula is C30H25N3O4S. The van der Waals surface area contributed by atoms with Gasteiger partial charge in [-0.3, -0.25) is 14.5 Å². The lowest BCUT2D eigenvalue weighted by molar-refractivity contribution is -0.122. The third kappa shape index (κ3) is 6.22. The van der Waals surface area contributed by atoms with Gasteiger partial charge in [0.2, 0.25) is 0 Å². The molecule has 3 aromatic carbocycles. The molecule has 4 aromatic rings. The molecule has 0 radical (unpaired) electrons. The average Bonchev–Trinajstić information content (AvgIpc) is 3.54. The van der Waals surface area contributed by atoms with Gasteiger partial charge in [0.1, 0.15) is 11.5 Å². The number of nitrogens with zero attached hydrogens (tertiary/aromatic N) is 2. The SMILES string of the molecule is Cc1ccc(NC(=O)COc2ccccc2/C=C2\SC(=Nc3ccccc3)N(Cc3ccco3)C2=O)cc1. The van der Waals surface area contributed by atoms with Crippen molar-refractivity contribution in [3.63, 3.8) is 0 Å². The number of thioether (sulfide) groups is 1. The molecule has 5 rings (SSSR count). The smallest absolute Gasteiger partial charge is 0.267 e. The molecule has 0 aliphatic carbocycles. The first-order valence-corrected chi connectivity index (χ1v) is 12.8. The molecule has 2 amide bonds. The van der Waals surface area contributed by atoms with Crippen LogP contribution in [0.2, 0.25) is 0 Å². The van der Waals surface area contributed by atoms with Crippen molar-refractivity contribution < 1.29 is 18.7 Å². The van der Waals surface area contributed by atoms with Crippen molar-refractivity contribution in [2.45, 2.75) is 13.5 Å². The largest absolute Gasteiger partial charge is 0.483 e. The molecule has 1 fully saturated rings. The fraction of sp³-hybridized carbons (Fsp3) is 0.100. The summed E-state index contributed by atoms with van der Waals surface area (Å²) in [5.41, 5.74) is 3.25. The Kier molecular flexibility index (Phi) is 7.70. The number of amidine groups is 1. The summed E-state index contributed by atoms with van der Waals surface area (Å²) < 4.78 is 11.3. The van der Waals surface area contributed by atoms with Crippen LogP contribution in [0.3, 0.4) is 0 Å². The van der Waals surface area contributed by atoms with Crippen LogP contribution in [0.25, 0.3) is 6.08 Å². The Labute approximate surface area is 224 Å². The minimum Gasteiger partial charge on any atom is -0.483 e. The molecule has 0 spiro atoms. The molecule has 190 valence electrons. The van der Waals surface area contributed by atoms with E-state index in [1.165, 1.54) is 11.8 Å². The topological polar surface area (TPSA) is 84.1 Å². The minimum absolute atomic E-state index is 0.166. The van der Waals surface area contributed by atoms with E-state index >= 15 is 0 Å². The quantitative estimate of drug-likeness (QED) is 0.270. The van der Waals surface area contributed by atoms with Crippen LogP contribution >= 0.6 is 11.8 Å². The Bertz CT molecular complexity index is 1480. The van der Waals surface area contributed by atoms with Gasteiger partial charge in [0.05, 0.1) is 23.4 Å². The van der Waals surface area contributed by atoms with Gasteiger partial charge in [-0.2, -0.15) is 0 Å². The molecule has 0 unspecified atom stereocenters.